The van der Waals surface area contributed by atoms with E-state index in [0.717, 1.165) is 0 Å². The Morgan fingerprint density at radius 1 is 1.62 bits per heavy atom. The van der Waals surface area contributed by atoms with E-state index in [-0.39, 0.29) is 0 Å². The van der Waals surface area contributed by atoms with Crippen LogP contribution in [0.4, 0.5) is 0 Å². The van der Waals surface area contributed by atoms with Crippen molar-refractivity contribution in [2.45, 2.75) is 18.9 Å². The zero-order valence-electron chi connectivity index (χ0n) is 7.29. The van der Waals surface area contributed by atoms with E-state index in [1.807, 2.05) is 0 Å². The highest BCUT2D eigenvalue weighted by Gasteiger charge is 2.09. The highest BCUT2D eigenvalue weighted by atomic mass is 79.9. The van der Waals surface area contributed by atoms with Crippen molar-refractivity contribution in [1.82, 2.24) is 5.32 Å². The van der Waals surface area contributed by atoms with E-state index >= 15 is 0 Å². The first-order valence-electron chi connectivity index (χ1n) is 4.50. The summed E-state index contributed by atoms with van der Waals surface area (Å²) in [6.45, 7) is 1.17. The van der Waals surface area contributed by atoms with Crippen molar-refractivity contribution in [3.63, 3.8) is 0 Å². The van der Waals surface area contributed by atoms with Gasteiger partial charge in [0.2, 0.25) is 0 Å². The number of halogens is 1. The fraction of sp³-hybridized carbons (Fsp3) is 0.400. The summed E-state index contributed by atoms with van der Waals surface area (Å²) < 4.78 is 1.18. The van der Waals surface area contributed by atoms with Crippen molar-refractivity contribution in [2.75, 3.05) is 6.54 Å². The van der Waals surface area contributed by atoms with Gasteiger partial charge in [0.05, 0.1) is 0 Å². The molecule has 1 saturated heterocycles. The summed E-state index contributed by atoms with van der Waals surface area (Å²) in [5.41, 5.74) is 0. The molecule has 0 saturated carbocycles. The molecule has 2 heterocycles. The van der Waals surface area contributed by atoms with Gasteiger partial charge in [-0.05, 0) is 47.5 Å². The molecule has 1 aliphatic rings. The van der Waals surface area contributed by atoms with E-state index in [0.29, 0.717) is 6.04 Å². The second kappa shape index (κ2) is 4.40. The van der Waals surface area contributed by atoms with E-state index in [9.17, 15) is 0 Å². The van der Waals surface area contributed by atoms with Gasteiger partial charge < -0.3 is 5.32 Å². The molecule has 1 unspecified atom stereocenters. The lowest BCUT2D eigenvalue weighted by Crippen LogP contribution is -2.17. The molecular weight excluding hydrogens is 246 g/mol. The number of hydrogen-bond donors (Lipinski definition) is 1. The van der Waals surface area contributed by atoms with E-state index in [2.05, 4.69) is 44.8 Å². The van der Waals surface area contributed by atoms with Gasteiger partial charge in [-0.3, -0.25) is 0 Å². The van der Waals surface area contributed by atoms with E-state index in [4.69, 9.17) is 0 Å². The van der Waals surface area contributed by atoms with Crippen LogP contribution in [0.1, 0.15) is 17.7 Å². The van der Waals surface area contributed by atoms with Gasteiger partial charge in [0.25, 0.3) is 0 Å². The lowest BCUT2D eigenvalue weighted by molar-refractivity contribution is 0.730. The average molecular weight is 258 g/mol. The topological polar surface area (TPSA) is 12.0 Å². The molecule has 0 amide bonds. The Hall–Kier alpha value is -0.120. The molecule has 1 fully saturated rings. The van der Waals surface area contributed by atoms with Crippen molar-refractivity contribution in [3.8, 4) is 0 Å². The maximum Gasteiger partial charge on any atom is 0.0288 e. The predicted molar refractivity (Wildman–Crippen MR) is 62.1 cm³/mol. The first kappa shape index (κ1) is 9.44. The third-order valence-corrected chi connectivity index (χ3v) is 3.84. The Kier molecular flexibility index (Phi) is 3.19. The third-order valence-electron chi connectivity index (χ3n) is 2.18. The second-order valence-electron chi connectivity index (χ2n) is 3.23. The minimum atomic E-state index is 0.598. The molecule has 0 spiro atoms. The summed E-state index contributed by atoms with van der Waals surface area (Å²) in [5.74, 6) is 0. The van der Waals surface area contributed by atoms with Crippen LogP contribution in [-0.4, -0.2) is 12.6 Å². The zero-order chi connectivity index (χ0) is 9.10. The lowest BCUT2D eigenvalue weighted by atomic mass is 10.2. The summed E-state index contributed by atoms with van der Waals surface area (Å²) in [6, 6.07) is 2.75. The number of rotatable bonds is 2. The molecule has 0 bridgehead atoms. The lowest BCUT2D eigenvalue weighted by Gasteiger charge is -2.00. The average Bonchev–Trinajstić information content (AvgIpc) is 2.71. The van der Waals surface area contributed by atoms with Gasteiger partial charge in [0.1, 0.15) is 0 Å². The molecule has 1 nitrogen and oxygen atoms in total. The maximum absolute atomic E-state index is 3.45. The van der Waals surface area contributed by atoms with Crippen molar-refractivity contribution in [2.24, 2.45) is 0 Å². The van der Waals surface area contributed by atoms with Crippen LogP contribution < -0.4 is 5.32 Å². The molecule has 1 aromatic rings. The van der Waals surface area contributed by atoms with Gasteiger partial charge in [-0.1, -0.05) is 6.08 Å². The molecule has 0 radical (unpaired) electrons. The van der Waals surface area contributed by atoms with Gasteiger partial charge in [-0.2, -0.15) is 0 Å². The molecule has 13 heavy (non-hydrogen) atoms. The summed E-state index contributed by atoms with van der Waals surface area (Å²) in [4.78, 5) is 1.32. The highest BCUT2D eigenvalue weighted by molar-refractivity contribution is 9.10. The monoisotopic (exact) mass is 257 g/mol. The minimum Gasteiger partial charge on any atom is -0.311 e. The van der Waals surface area contributed by atoms with Crippen molar-refractivity contribution >= 4 is 33.3 Å². The Morgan fingerprint density at radius 3 is 3.15 bits per heavy atom. The van der Waals surface area contributed by atoms with E-state index in [1.54, 1.807) is 11.3 Å². The molecule has 1 atom stereocenters. The molecule has 70 valence electrons. The zero-order valence-corrected chi connectivity index (χ0v) is 9.70. The fourth-order valence-electron chi connectivity index (χ4n) is 1.50. The molecule has 1 N–H and O–H groups in total. The Bertz CT molecular complexity index is 300. The van der Waals surface area contributed by atoms with E-state index < -0.39 is 0 Å². The van der Waals surface area contributed by atoms with Crippen LogP contribution >= 0.6 is 27.3 Å². The van der Waals surface area contributed by atoms with Gasteiger partial charge in [-0.15, -0.1) is 11.3 Å². The largest absolute Gasteiger partial charge is 0.311 e. The minimum absolute atomic E-state index is 0.598. The fourth-order valence-corrected chi connectivity index (χ4v) is 2.85. The highest BCUT2D eigenvalue weighted by Crippen LogP contribution is 2.21. The van der Waals surface area contributed by atoms with Crippen LogP contribution in [-0.2, 0) is 0 Å². The van der Waals surface area contributed by atoms with Gasteiger partial charge in [0, 0.05) is 20.8 Å². The van der Waals surface area contributed by atoms with Gasteiger partial charge in [-0.25, -0.2) is 0 Å². The predicted octanol–water partition coefficient (Wildman–Crippen LogP) is 3.28. The summed E-state index contributed by atoms with van der Waals surface area (Å²) in [7, 11) is 0. The van der Waals surface area contributed by atoms with Crippen LogP contribution in [0, 0.1) is 0 Å². The van der Waals surface area contributed by atoms with Crippen molar-refractivity contribution in [1.29, 1.82) is 0 Å². The van der Waals surface area contributed by atoms with Crippen molar-refractivity contribution < 1.29 is 0 Å². The standard InChI is InChI=1S/C10H12BrNS/c11-8-6-10(13-7-8)4-3-9-2-1-5-12-9/h3-4,6-7,9,12H,1-2,5H2/b4-3+. The van der Waals surface area contributed by atoms with Crippen LogP contribution in [0.25, 0.3) is 6.08 Å². The molecule has 1 aliphatic heterocycles. The number of thiophene rings is 1. The van der Waals surface area contributed by atoms with Crippen molar-refractivity contribution in [3.05, 3.63) is 26.9 Å². The van der Waals surface area contributed by atoms with Crippen LogP contribution in [0.3, 0.4) is 0 Å². The Balaban J connectivity index is 1.96. The normalized spacial score (nSPS) is 23.0. The number of nitrogens with one attached hydrogen (secondary N) is 1. The summed E-state index contributed by atoms with van der Waals surface area (Å²) in [6.07, 6.45) is 7.07. The smallest absolute Gasteiger partial charge is 0.0288 e. The van der Waals surface area contributed by atoms with Crippen LogP contribution in [0.2, 0.25) is 0 Å². The van der Waals surface area contributed by atoms with Gasteiger partial charge in [0.15, 0.2) is 0 Å². The molecule has 2 rings (SSSR count). The summed E-state index contributed by atoms with van der Waals surface area (Å²) in [5, 5.41) is 5.55. The Morgan fingerprint density at radius 2 is 2.54 bits per heavy atom. The van der Waals surface area contributed by atoms with E-state index in [1.165, 1.54) is 28.7 Å². The molecule has 0 aliphatic carbocycles. The quantitative estimate of drug-likeness (QED) is 0.858. The van der Waals surface area contributed by atoms with Gasteiger partial charge >= 0.3 is 0 Å². The molecular formula is C10H12BrNS. The SMILES string of the molecule is Brc1csc(/C=C/C2CCCN2)c1. The molecule has 0 aromatic carbocycles. The second-order valence-corrected chi connectivity index (χ2v) is 5.09. The molecule has 1 aromatic heterocycles. The van der Waals surface area contributed by atoms with Crippen LogP contribution in [0.5, 0.6) is 0 Å². The first-order valence-corrected chi connectivity index (χ1v) is 6.17. The Labute approximate surface area is 91.0 Å². The third kappa shape index (κ3) is 2.66. The number of hydrogen-bond acceptors (Lipinski definition) is 2. The van der Waals surface area contributed by atoms with Crippen LogP contribution in [0.15, 0.2) is 22.0 Å². The first-order chi connectivity index (χ1) is 6.34. The summed E-state index contributed by atoms with van der Waals surface area (Å²) >= 11 is 5.22. The maximum atomic E-state index is 3.45. The molecule has 3 heteroatoms.